The molecule has 2 aromatic rings. The summed E-state index contributed by atoms with van der Waals surface area (Å²) >= 11 is 5.96. The highest BCUT2D eigenvalue weighted by Crippen LogP contribution is 2.34. The smallest absolute Gasteiger partial charge is 0.465 e. The molecule has 0 aromatic heterocycles. The first-order valence-corrected chi connectivity index (χ1v) is 10.7. The van der Waals surface area contributed by atoms with Crippen LogP contribution >= 0.6 is 11.6 Å². The molecule has 0 aliphatic carbocycles. The third-order valence-electron chi connectivity index (χ3n) is 5.11. The number of halogens is 4. The second kappa shape index (κ2) is 9.95. The van der Waals surface area contributed by atoms with Crippen molar-refractivity contribution in [2.75, 3.05) is 18.1 Å². The van der Waals surface area contributed by atoms with Crippen molar-refractivity contribution in [3.05, 3.63) is 59.1 Å². The summed E-state index contributed by atoms with van der Waals surface area (Å²) in [4.78, 5) is 39.3. The number of rotatable bonds is 5. The van der Waals surface area contributed by atoms with E-state index < -0.39 is 35.4 Å². The van der Waals surface area contributed by atoms with Crippen molar-refractivity contribution in [2.45, 2.75) is 27.1 Å². The van der Waals surface area contributed by atoms with Crippen LogP contribution in [-0.2, 0) is 14.3 Å². The Labute approximate surface area is 203 Å². The summed E-state index contributed by atoms with van der Waals surface area (Å²) in [6.45, 7) is 4.18. The molecular weight excluding hydrogens is 491 g/mol. The molecule has 3 rings (SSSR count). The summed E-state index contributed by atoms with van der Waals surface area (Å²) in [5.74, 6) is -1.85. The fourth-order valence-corrected chi connectivity index (χ4v) is 3.65. The number of esters is 1. The predicted octanol–water partition coefficient (Wildman–Crippen LogP) is 5.00. The molecule has 1 unspecified atom stereocenters. The highest BCUT2D eigenvalue weighted by molar-refractivity contribution is 6.30. The molecule has 0 bridgehead atoms. The highest BCUT2D eigenvalue weighted by Gasteiger charge is 2.49. The molecule has 2 aromatic carbocycles. The summed E-state index contributed by atoms with van der Waals surface area (Å²) in [7, 11) is 0. The van der Waals surface area contributed by atoms with Gasteiger partial charge in [-0.1, -0.05) is 23.7 Å². The average molecular weight is 512 g/mol. The zero-order chi connectivity index (χ0) is 26.0. The Morgan fingerprint density at radius 1 is 1.11 bits per heavy atom. The van der Waals surface area contributed by atoms with E-state index in [9.17, 15) is 27.6 Å². The fraction of sp³-hybridized carbons (Fsp3) is 0.304. The summed E-state index contributed by atoms with van der Waals surface area (Å²) in [5, 5.41) is 5.73. The third-order valence-corrected chi connectivity index (χ3v) is 5.36. The minimum absolute atomic E-state index is 0.00925. The van der Waals surface area contributed by atoms with Crippen molar-refractivity contribution >= 4 is 40.9 Å². The standard InChI is InChI=1S/C23H21ClF3N3O5/c1-4-34-20(32)22(3)13-29(28-19(22)15-5-7-16(24)8-6-15)21(33)30(14(2)31)17-9-11-18(12-10-17)35-23(25,26)27/h5-12H,4,13H2,1-3H3. The van der Waals surface area contributed by atoms with Crippen LogP contribution in [0.3, 0.4) is 0 Å². The number of imide groups is 1. The quantitative estimate of drug-likeness (QED) is 0.527. The predicted molar refractivity (Wildman–Crippen MR) is 121 cm³/mol. The molecule has 3 amide bonds. The number of hydrogen-bond donors (Lipinski definition) is 0. The molecule has 1 atom stereocenters. The number of hydrazone groups is 1. The lowest BCUT2D eigenvalue weighted by Gasteiger charge is -2.26. The first-order chi connectivity index (χ1) is 16.4. The van der Waals surface area contributed by atoms with Crippen LogP contribution in [0.4, 0.5) is 23.7 Å². The number of alkyl halides is 3. The van der Waals surface area contributed by atoms with Gasteiger partial charge in [0.1, 0.15) is 11.2 Å². The van der Waals surface area contributed by atoms with Gasteiger partial charge < -0.3 is 9.47 Å². The molecule has 0 saturated carbocycles. The van der Waals surface area contributed by atoms with Crippen LogP contribution in [0.25, 0.3) is 0 Å². The molecule has 35 heavy (non-hydrogen) atoms. The maximum absolute atomic E-state index is 13.3. The Bertz CT molecular complexity index is 1150. The van der Waals surface area contributed by atoms with Crippen molar-refractivity contribution in [3.63, 3.8) is 0 Å². The van der Waals surface area contributed by atoms with Crippen molar-refractivity contribution in [2.24, 2.45) is 10.5 Å². The van der Waals surface area contributed by atoms with Gasteiger partial charge in [0.25, 0.3) is 0 Å². The number of nitrogens with zero attached hydrogens (tertiary/aromatic N) is 3. The maximum atomic E-state index is 13.3. The Morgan fingerprint density at radius 3 is 2.23 bits per heavy atom. The Hall–Kier alpha value is -3.60. The molecule has 1 aliphatic rings. The number of ether oxygens (including phenoxy) is 2. The number of carbonyl (C=O) groups excluding carboxylic acids is 3. The Balaban J connectivity index is 1.96. The van der Waals surface area contributed by atoms with E-state index in [-0.39, 0.29) is 24.6 Å². The van der Waals surface area contributed by atoms with Crippen LogP contribution in [0.1, 0.15) is 26.3 Å². The van der Waals surface area contributed by atoms with Gasteiger partial charge in [-0.25, -0.2) is 14.7 Å². The average Bonchev–Trinajstić information content (AvgIpc) is 3.13. The molecule has 0 spiro atoms. The molecule has 0 N–H and O–H groups in total. The second-order valence-corrected chi connectivity index (χ2v) is 8.18. The number of anilines is 1. The summed E-state index contributed by atoms with van der Waals surface area (Å²) in [6.07, 6.45) is -4.89. The van der Waals surface area contributed by atoms with E-state index in [2.05, 4.69) is 9.84 Å². The van der Waals surface area contributed by atoms with Crippen LogP contribution in [0.2, 0.25) is 5.02 Å². The molecule has 1 aliphatic heterocycles. The van der Waals surface area contributed by atoms with Gasteiger partial charge in [-0.3, -0.25) is 9.59 Å². The maximum Gasteiger partial charge on any atom is 0.573 e. The molecule has 0 fully saturated rings. The van der Waals surface area contributed by atoms with Crippen molar-refractivity contribution in [1.82, 2.24) is 5.01 Å². The minimum Gasteiger partial charge on any atom is -0.465 e. The Morgan fingerprint density at radius 2 is 1.71 bits per heavy atom. The lowest BCUT2D eigenvalue weighted by Crippen LogP contribution is -2.46. The third kappa shape index (κ3) is 5.73. The van der Waals surface area contributed by atoms with Crippen molar-refractivity contribution in [1.29, 1.82) is 0 Å². The number of benzene rings is 2. The normalized spacial score (nSPS) is 17.6. The number of carbonyl (C=O) groups is 3. The van der Waals surface area contributed by atoms with Gasteiger partial charge in [0.15, 0.2) is 0 Å². The van der Waals surface area contributed by atoms with E-state index in [1.165, 1.54) is 0 Å². The monoisotopic (exact) mass is 511 g/mol. The van der Waals surface area contributed by atoms with E-state index in [1.54, 1.807) is 38.1 Å². The van der Waals surface area contributed by atoms with Gasteiger partial charge in [-0.15, -0.1) is 13.2 Å². The summed E-state index contributed by atoms with van der Waals surface area (Å²) < 4.78 is 46.4. The van der Waals surface area contributed by atoms with Crippen LogP contribution in [0, 0.1) is 5.41 Å². The molecule has 1 heterocycles. The molecule has 186 valence electrons. The van der Waals surface area contributed by atoms with Gasteiger partial charge in [-0.05, 0) is 55.8 Å². The van der Waals surface area contributed by atoms with E-state index in [1.807, 2.05) is 0 Å². The number of hydrogen-bond acceptors (Lipinski definition) is 6. The van der Waals surface area contributed by atoms with Gasteiger partial charge in [0, 0.05) is 11.9 Å². The number of amides is 3. The lowest BCUT2D eigenvalue weighted by atomic mass is 9.82. The van der Waals surface area contributed by atoms with Gasteiger partial charge in [0.2, 0.25) is 5.91 Å². The van der Waals surface area contributed by atoms with Gasteiger partial charge in [-0.2, -0.15) is 5.10 Å². The zero-order valence-electron chi connectivity index (χ0n) is 18.9. The SMILES string of the molecule is CCOC(=O)C1(C)CN(C(=O)N(C(C)=O)c2ccc(OC(F)(F)F)cc2)N=C1c1ccc(Cl)cc1. The van der Waals surface area contributed by atoms with E-state index in [4.69, 9.17) is 16.3 Å². The molecule has 0 radical (unpaired) electrons. The first kappa shape index (κ1) is 26.0. The topological polar surface area (TPSA) is 88.5 Å². The minimum atomic E-state index is -4.89. The Kier molecular flexibility index (Phi) is 7.39. The zero-order valence-corrected chi connectivity index (χ0v) is 19.7. The molecular formula is C23H21ClF3N3O5. The van der Waals surface area contributed by atoms with Gasteiger partial charge in [0.05, 0.1) is 24.6 Å². The van der Waals surface area contributed by atoms with Crippen molar-refractivity contribution in [3.8, 4) is 5.75 Å². The van der Waals surface area contributed by atoms with E-state index in [0.717, 1.165) is 41.1 Å². The largest absolute Gasteiger partial charge is 0.573 e. The van der Waals surface area contributed by atoms with Crippen molar-refractivity contribution < 1.29 is 37.0 Å². The highest BCUT2D eigenvalue weighted by atomic mass is 35.5. The fourth-order valence-electron chi connectivity index (χ4n) is 3.53. The summed E-state index contributed by atoms with van der Waals surface area (Å²) in [6, 6.07) is 9.77. The molecule has 8 nitrogen and oxygen atoms in total. The molecule has 12 heteroatoms. The van der Waals surface area contributed by atoms with Crippen LogP contribution in [-0.4, -0.2) is 48.1 Å². The van der Waals surface area contributed by atoms with Crippen LogP contribution in [0.5, 0.6) is 5.75 Å². The van der Waals surface area contributed by atoms with Gasteiger partial charge >= 0.3 is 18.4 Å². The first-order valence-electron chi connectivity index (χ1n) is 10.4. The molecule has 0 saturated heterocycles. The second-order valence-electron chi connectivity index (χ2n) is 7.74. The lowest BCUT2D eigenvalue weighted by molar-refractivity contribution is -0.274. The summed E-state index contributed by atoms with van der Waals surface area (Å²) in [5.41, 5.74) is -0.613. The van der Waals surface area contributed by atoms with E-state index >= 15 is 0 Å². The van der Waals surface area contributed by atoms with Crippen LogP contribution < -0.4 is 9.64 Å². The number of urea groups is 1. The van der Waals surface area contributed by atoms with Crippen LogP contribution in [0.15, 0.2) is 53.6 Å². The van der Waals surface area contributed by atoms with E-state index in [0.29, 0.717) is 10.6 Å².